The highest BCUT2D eigenvalue weighted by atomic mass is 79.9. The maximum atomic E-state index is 6.15. The summed E-state index contributed by atoms with van der Waals surface area (Å²) in [7, 11) is 0. The summed E-state index contributed by atoms with van der Waals surface area (Å²) in [6, 6.07) is 0.0841. The molecule has 1 atom stereocenters. The van der Waals surface area contributed by atoms with Gasteiger partial charge in [-0.05, 0) is 40.8 Å². The number of aryl methyl sites for hydroxylation is 1. The van der Waals surface area contributed by atoms with E-state index in [9.17, 15) is 0 Å². The Hall–Kier alpha value is -0.0000000000000000555. The van der Waals surface area contributed by atoms with E-state index < -0.39 is 0 Å². The molecular formula is C10H18BrN3S. The summed E-state index contributed by atoms with van der Waals surface area (Å²) in [6.45, 7) is 3.08. The predicted molar refractivity (Wildman–Crippen MR) is 70.1 cm³/mol. The van der Waals surface area contributed by atoms with Gasteiger partial charge in [-0.2, -0.15) is 16.9 Å². The molecule has 15 heavy (non-hydrogen) atoms. The van der Waals surface area contributed by atoms with Gasteiger partial charge in [0.15, 0.2) is 0 Å². The van der Waals surface area contributed by atoms with Crippen molar-refractivity contribution in [1.82, 2.24) is 9.78 Å². The van der Waals surface area contributed by atoms with Crippen molar-refractivity contribution < 1.29 is 0 Å². The largest absolute Gasteiger partial charge is 0.323 e. The van der Waals surface area contributed by atoms with Crippen molar-refractivity contribution in [3.63, 3.8) is 0 Å². The molecule has 1 aromatic rings. The molecule has 0 amide bonds. The van der Waals surface area contributed by atoms with Crippen molar-refractivity contribution in [2.75, 3.05) is 12.0 Å². The van der Waals surface area contributed by atoms with Crippen molar-refractivity contribution in [2.45, 2.75) is 32.4 Å². The third kappa shape index (κ3) is 3.50. The van der Waals surface area contributed by atoms with Crippen LogP contribution in [-0.2, 0) is 6.54 Å². The van der Waals surface area contributed by atoms with E-state index >= 15 is 0 Å². The van der Waals surface area contributed by atoms with Gasteiger partial charge in [0, 0.05) is 12.6 Å². The Balaban J connectivity index is 2.75. The summed E-state index contributed by atoms with van der Waals surface area (Å²) >= 11 is 5.34. The molecule has 1 aromatic heterocycles. The maximum Gasteiger partial charge on any atom is 0.0693 e. The highest BCUT2D eigenvalue weighted by Crippen LogP contribution is 2.24. The monoisotopic (exact) mass is 291 g/mol. The van der Waals surface area contributed by atoms with E-state index in [0.29, 0.717) is 0 Å². The molecule has 0 saturated heterocycles. The first-order valence-corrected chi connectivity index (χ1v) is 7.35. The van der Waals surface area contributed by atoms with E-state index in [2.05, 4.69) is 34.2 Å². The first-order chi connectivity index (χ1) is 7.20. The van der Waals surface area contributed by atoms with Gasteiger partial charge in [0.2, 0.25) is 0 Å². The van der Waals surface area contributed by atoms with Crippen LogP contribution in [0.3, 0.4) is 0 Å². The number of nitrogens with two attached hydrogens (primary N) is 1. The fraction of sp³-hybridized carbons (Fsp3) is 0.700. The SMILES string of the molecule is CCCn1ncc(Br)c1C(N)CCSC. The molecule has 2 N–H and O–H groups in total. The number of nitrogens with zero attached hydrogens (tertiary/aromatic N) is 2. The fourth-order valence-corrected chi connectivity index (χ4v) is 2.59. The second-order valence-corrected chi connectivity index (χ2v) is 5.33. The Labute approximate surface area is 104 Å². The van der Waals surface area contributed by atoms with E-state index in [1.807, 2.05) is 22.6 Å². The van der Waals surface area contributed by atoms with Gasteiger partial charge in [0.05, 0.1) is 16.4 Å². The third-order valence-corrected chi connectivity index (χ3v) is 3.51. The first kappa shape index (κ1) is 13.1. The smallest absolute Gasteiger partial charge is 0.0693 e. The zero-order valence-corrected chi connectivity index (χ0v) is 11.6. The summed E-state index contributed by atoms with van der Waals surface area (Å²) in [4.78, 5) is 0. The number of aromatic nitrogens is 2. The van der Waals surface area contributed by atoms with Crippen molar-refractivity contribution in [3.8, 4) is 0 Å². The van der Waals surface area contributed by atoms with Gasteiger partial charge >= 0.3 is 0 Å². The van der Waals surface area contributed by atoms with Crippen LogP contribution in [0.4, 0.5) is 0 Å². The van der Waals surface area contributed by atoms with E-state index in [-0.39, 0.29) is 6.04 Å². The summed E-state index contributed by atoms with van der Waals surface area (Å²) < 4.78 is 3.04. The molecule has 0 aromatic carbocycles. The van der Waals surface area contributed by atoms with Crippen LogP contribution in [0.2, 0.25) is 0 Å². The molecule has 0 bridgehead atoms. The van der Waals surface area contributed by atoms with Gasteiger partial charge in [-0.15, -0.1) is 0 Å². The summed E-state index contributed by atoms with van der Waals surface area (Å²) in [5, 5.41) is 4.32. The average molecular weight is 292 g/mol. The van der Waals surface area contributed by atoms with Crippen LogP contribution in [0.1, 0.15) is 31.5 Å². The number of rotatable bonds is 6. The summed E-state index contributed by atoms with van der Waals surface area (Å²) in [5.74, 6) is 1.09. The number of hydrogen-bond donors (Lipinski definition) is 1. The summed E-state index contributed by atoms with van der Waals surface area (Å²) in [5.41, 5.74) is 7.28. The van der Waals surface area contributed by atoms with Gasteiger partial charge in [-0.1, -0.05) is 6.92 Å². The molecule has 1 heterocycles. The van der Waals surface area contributed by atoms with Gasteiger partial charge in [-0.25, -0.2) is 0 Å². The number of hydrogen-bond acceptors (Lipinski definition) is 3. The quantitative estimate of drug-likeness (QED) is 0.877. The normalized spacial score (nSPS) is 13.1. The topological polar surface area (TPSA) is 43.8 Å². The van der Waals surface area contributed by atoms with E-state index in [4.69, 9.17) is 5.73 Å². The van der Waals surface area contributed by atoms with Crippen LogP contribution in [0.5, 0.6) is 0 Å². The minimum atomic E-state index is 0.0841. The standard InChI is InChI=1S/C10H18BrN3S/c1-3-5-14-10(8(11)7-13-14)9(12)4-6-15-2/h7,9H,3-6,12H2,1-2H3. The predicted octanol–water partition coefficient (Wildman–Crippen LogP) is 2.81. The van der Waals surface area contributed by atoms with Crippen LogP contribution in [0.25, 0.3) is 0 Å². The minimum absolute atomic E-state index is 0.0841. The molecule has 0 aliphatic carbocycles. The van der Waals surface area contributed by atoms with Gasteiger partial charge < -0.3 is 5.73 Å². The first-order valence-electron chi connectivity index (χ1n) is 5.16. The fourth-order valence-electron chi connectivity index (χ4n) is 1.51. The molecule has 5 heteroatoms. The molecule has 0 saturated carbocycles. The van der Waals surface area contributed by atoms with E-state index in [1.165, 1.54) is 0 Å². The molecule has 0 aliphatic heterocycles. The van der Waals surface area contributed by atoms with Crippen molar-refractivity contribution in [1.29, 1.82) is 0 Å². The van der Waals surface area contributed by atoms with Crippen LogP contribution in [0, 0.1) is 0 Å². The molecule has 0 aliphatic rings. The Bertz CT molecular complexity index is 301. The van der Waals surface area contributed by atoms with Crippen molar-refractivity contribution in [3.05, 3.63) is 16.4 Å². The second-order valence-electron chi connectivity index (χ2n) is 3.49. The Morgan fingerprint density at radius 1 is 1.67 bits per heavy atom. The minimum Gasteiger partial charge on any atom is -0.323 e. The third-order valence-electron chi connectivity index (χ3n) is 2.25. The van der Waals surface area contributed by atoms with Gasteiger partial charge in [0.25, 0.3) is 0 Å². The molecular weight excluding hydrogens is 274 g/mol. The summed E-state index contributed by atoms with van der Waals surface area (Å²) in [6.07, 6.45) is 6.01. The Kier molecular flexibility index (Phi) is 5.71. The Morgan fingerprint density at radius 2 is 2.40 bits per heavy atom. The average Bonchev–Trinajstić information content (AvgIpc) is 2.57. The van der Waals surface area contributed by atoms with Crippen LogP contribution >= 0.6 is 27.7 Å². The molecule has 86 valence electrons. The highest BCUT2D eigenvalue weighted by Gasteiger charge is 2.15. The van der Waals surface area contributed by atoms with E-state index in [1.54, 1.807) is 0 Å². The molecule has 3 nitrogen and oxygen atoms in total. The highest BCUT2D eigenvalue weighted by molar-refractivity contribution is 9.10. The lowest BCUT2D eigenvalue weighted by Crippen LogP contribution is -2.17. The second kappa shape index (κ2) is 6.55. The zero-order valence-electron chi connectivity index (χ0n) is 9.24. The number of thioether (sulfide) groups is 1. The number of halogens is 1. The van der Waals surface area contributed by atoms with Crippen LogP contribution in [-0.4, -0.2) is 21.8 Å². The lowest BCUT2D eigenvalue weighted by atomic mass is 10.1. The molecule has 0 radical (unpaired) electrons. The molecule has 1 unspecified atom stereocenters. The van der Waals surface area contributed by atoms with Crippen molar-refractivity contribution in [2.24, 2.45) is 5.73 Å². The lowest BCUT2D eigenvalue weighted by Gasteiger charge is -2.14. The molecule has 1 rings (SSSR count). The molecule has 0 spiro atoms. The zero-order chi connectivity index (χ0) is 11.3. The Morgan fingerprint density at radius 3 is 3.00 bits per heavy atom. The van der Waals surface area contributed by atoms with E-state index in [0.717, 1.165) is 35.3 Å². The maximum absolute atomic E-state index is 6.15. The lowest BCUT2D eigenvalue weighted by molar-refractivity contribution is 0.533. The van der Waals surface area contributed by atoms with Crippen LogP contribution < -0.4 is 5.73 Å². The van der Waals surface area contributed by atoms with Crippen LogP contribution in [0.15, 0.2) is 10.7 Å². The van der Waals surface area contributed by atoms with Crippen molar-refractivity contribution >= 4 is 27.7 Å². The molecule has 0 fully saturated rings. The van der Waals surface area contributed by atoms with Gasteiger partial charge in [-0.3, -0.25) is 4.68 Å². The van der Waals surface area contributed by atoms with Gasteiger partial charge in [0.1, 0.15) is 0 Å².